The van der Waals surface area contributed by atoms with E-state index in [-0.39, 0.29) is 64.1 Å². The predicted molar refractivity (Wildman–Crippen MR) is 213 cm³/mol. The Labute approximate surface area is 334 Å². The second-order valence-electron chi connectivity index (χ2n) is 21.5. The molecule has 0 radical (unpaired) electrons. The van der Waals surface area contributed by atoms with Gasteiger partial charge in [-0.2, -0.15) is 0 Å². The first-order chi connectivity index (χ1) is 26.2. The number of fused-ring (bicyclic) bond motifs is 8. The molecule has 8 rings (SSSR count). The highest BCUT2D eigenvalue weighted by molar-refractivity contribution is 6.00. The summed E-state index contributed by atoms with van der Waals surface area (Å²) >= 11 is 0. The van der Waals surface area contributed by atoms with Crippen molar-refractivity contribution in [3.05, 3.63) is 34.9 Å². The van der Waals surface area contributed by atoms with Gasteiger partial charge >= 0.3 is 11.9 Å². The third-order valence-electron chi connectivity index (χ3n) is 18.3. The minimum Gasteiger partial charge on any atom is -0.481 e. The van der Waals surface area contributed by atoms with Gasteiger partial charge in [-0.15, -0.1) is 0 Å². The number of Topliss-reactive ketones (excluding diaryl/α,β-unsaturated/α-hetero) is 1. The van der Waals surface area contributed by atoms with Crippen molar-refractivity contribution in [3.63, 3.8) is 0 Å². The molecule has 1 heterocycles. The van der Waals surface area contributed by atoms with Crippen LogP contribution in [0.5, 0.6) is 11.5 Å². The minimum absolute atomic E-state index is 0.0168. The number of ketones is 1. The number of nitrogens with one attached hydrogen (secondary N) is 1. The number of ether oxygens (including phenoxy) is 3. The van der Waals surface area contributed by atoms with E-state index in [2.05, 4.69) is 53.8 Å². The quantitative estimate of drug-likeness (QED) is 0.212. The number of carbonyl (C=O) groups is 3. The van der Waals surface area contributed by atoms with Crippen LogP contribution in [0.2, 0.25) is 0 Å². The van der Waals surface area contributed by atoms with Crippen molar-refractivity contribution in [1.82, 2.24) is 5.32 Å². The summed E-state index contributed by atoms with van der Waals surface area (Å²) in [5, 5.41) is 25.5. The molecule has 0 saturated heterocycles. The lowest BCUT2D eigenvalue weighted by Crippen LogP contribution is -2.66. The number of aliphatic carboxylic acids is 1. The van der Waals surface area contributed by atoms with E-state index >= 15 is 0 Å². The second-order valence-corrected chi connectivity index (χ2v) is 21.5. The Balaban J connectivity index is 1.02. The first kappa shape index (κ1) is 39.9. The molecule has 0 unspecified atom stereocenters. The van der Waals surface area contributed by atoms with Gasteiger partial charge in [0.1, 0.15) is 6.10 Å². The second kappa shape index (κ2) is 13.3. The minimum atomic E-state index is -0.830. The number of aliphatic hydroxyl groups excluding tert-OH is 1. The fraction of sp³-hybridized carbons (Fsp3) is 0.766. The number of carboxylic acid groups (broad SMARTS) is 1. The molecule has 0 aromatic heterocycles. The highest BCUT2D eigenvalue weighted by atomic mass is 16.7. The fourth-order valence-corrected chi connectivity index (χ4v) is 14.8. The topological polar surface area (TPSA) is 131 Å². The molecule has 5 saturated carbocycles. The summed E-state index contributed by atoms with van der Waals surface area (Å²) in [6.07, 6.45) is 7.79. The highest BCUT2D eigenvalue weighted by Gasteiger charge is 2.71. The van der Waals surface area contributed by atoms with Crippen LogP contribution in [0.4, 0.5) is 0 Å². The first-order valence-electron chi connectivity index (χ1n) is 21.7. The van der Waals surface area contributed by atoms with E-state index < -0.39 is 28.8 Å². The number of hydrogen-bond donors (Lipinski definition) is 3. The molecule has 56 heavy (non-hydrogen) atoms. The standard InChI is InChI=1S/C47H67NO8/c1-26(2)38-31(49)22-47(36(50)24-48-23-27-10-12-32-33(20-27)55-25-54-32)19-18-45(8)28(39(38)47)11-13-35-44(7)16-15-37(43(5,6)34(44)14-17-46(35,45)9)56-41(53)30-21-29(40(51)52)42(30,3)4/h10,12,20,26,28-30,34-37,48,50H,11,13-19,21-25H2,1-9H3,(H,51,52)/t28-,29+,30-,34+,35-,36+,37+,44+,45-,46-,47+/m1/s1. The molecule has 0 spiro atoms. The van der Waals surface area contributed by atoms with Gasteiger partial charge < -0.3 is 29.7 Å². The molecule has 5 fully saturated rings. The molecule has 6 aliphatic carbocycles. The van der Waals surface area contributed by atoms with Gasteiger partial charge in [0, 0.05) is 30.3 Å². The lowest BCUT2D eigenvalue weighted by molar-refractivity contribution is -0.238. The predicted octanol–water partition coefficient (Wildman–Crippen LogP) is 8.51. The third kappa shape index (κ3) is 5.54. The van der Waals surface area contributed by atoms with Gasteiger partial charge in [0.25, 0.3) is 0 Å². The maximum atomic E-state index is 14.1. The molecule has 308 valence electrons. The van der Waals surface area contributed by atoms with Gasteiger partial charge in [-0.05, 0) is 126 Å². The summed E-state index contributed by atoms with van der Waals surface area (Å²) in [4.78, 5) is 39.5. The summed E-state index contributed by atoms with van der Waals surface area (Å²) < 4.78 is 17.5. The Morgan fingerprint density at radius 3 is 2.30 bits per heavy atom. The number of esters is 1. The Hall–Kier alpha value is -2.91. The zero-order valence-corrected chi connectivity index (χ0v) is 35.4. The molecule has 7 aliphatic rings. The summed E-state index contributed by atoms with van der Waals surface area (Å²) in [5.74, 6) is 1.03. The molecule has 11 atom stereocenters. The SMILES string of the molecule is CC(C)C1=C2[C@H]3CC[C@@H]4[C@@]5(C)CC[C@H](OC(=O)[C@H]6C[C@@H](C(=O)O)C6(C)C)C(C)(C)[C@@H]5CC[C@@]4(C)[C@]3(C)CC[C@@]2([C@@H](O)CNCc2ccc3c(c2)OCO3)CC1=O. The Kier molecular flexibility index (Phi) is 9.48. The van der Waals surface area contributed by atoms with Gasteiger partial charge in [0.2, 0.25) is 6.79 Å². The monoisotopic (exact) mass is 773 g/mol. The summed E-state index contributed by atoms with van der Waals surface area (Å²) in [7, 11) is 0. The lowest BCUT2D eigenvalue weighted by atomic mass is 9.33. The Morgan fingerprint density at radius 2 is 1.61 bits per heavy atom. The average molecular weight is 774 g/mol. The van der Waals surface area contributed by atoms with Gasteiger partial charge in [-0.3, -0.25) is 14.4 Å². The molecular formula is C47H67NO8. The zero-order chi connectivity index (χ0) is 40.4. The largest absolute Gasteiger partial charge is 0.481 e. The van der Waals surface area contributed by atoms with Crippen molar-refractivity contribution in [2.75, 3.05) is 13.3 Å². The van der Waals surface area contributed by atoms with E-state index in [4.69, 9.17) is 14.2 Å². The normalized spacial score (nSPS) is 40.9. The van der Waals surface area contributed by atoms with E-state index in [1.807, 2.05) is 32.0 Å². The maximum absolute atomic E-state index is 14.1. The molecule has 0 amide bonds. The van der Waals surface area contributed by atoms with Crippen LogP contribution >= 0.6 is 0 Å². The van der Waals surface area contributed by atoms with Crippen molar-refractivity contribution in [2.45, 2.75) is 145 Å². The molecule has 9 nitrogen and oxygen atoms in total. The van der Waals surface area contributed by atoms with Crippen molar-refractivity contribution in [3.8, 4) is 11.5 Å². The average Bonchev–Trinajstić information content (AvgIpc) is 3.71. The zero-order valence-electron chi connectivity index (χ0n) is 35.4. The van der Waals surface area contributed by atoms with Crippen LogP contribution in [0.1, 0.15) is 132 Å². The van der Waals surface area contributed by atoms with Crippen LogP contribution in [0.3, 0.4) is 0 Å². The molecule has 3 N–H and O–H groups in total. The molecule has 1 aliphatic heterocycles. The number of allylic oxidation sites excluding steroid dienone is 1. The summed E-state index contributed by atoms with van der Waals surface area (Å²) in [5.41, 5.74) is 2.09. The number of benzene rings is 1. The molecule has 9 heteroatoms. The smallest absolute Gasteiger partial charge is 0.309 e. The van der Waals surface area contributed by atoms with Gasteiger partial charge in [-0.1, -0.05) is 74.0 Å². The van der Waals surface area contributed by atoms with Crippen molar-refractivity contribution < 1.29 is 38.8 Å². The Bertz CT molecular complexity index is 1830. The third-order valence-corrected chi connectivity index (χ3v) is 18.3. The van der Waals surface area contributed by atoms with Crippen molar-refractivity contribution in [2.24, 2.45) is 68.0 Å². The summed E-state index contributed by atoms with van der Waals surface area (Å²) in [6, 6.07) is 5.96. The first-order valence-corrected chi connectivity index (χ1v) is 21.7. The van der Waals surface area contributed by atoms with Gasteiger partial charge in [0.15, 0.2) is 17.3 Å². The van der Waals surface area contributed by atoms with Crippen LogP contribution < -0.4 is 14.8 Å². The highest BCUT2D eigenvalue weighted by Crippen LogP contribution is 2.77. The lowest BCUT2D eigenvalue weighted by Gasteiger charge is -2.72. The van der Waals surface area contributed by atoms with Crippen molar-refractivity contribution >= 4 is 17.7 Å². The Morgan fingerprint density at radius 1 is 0.875 bits per heavy atom. The molecular weight excluding hydrogens is 707 g/mol. The van der Waals surface area contributed by atoms with E-state index in [1.165, 1.54) is 5.57 Å². The van der Waals surface area contributed by atoms with Crippen LogP contribution in [0.25, 0.3) is 0 Å². The van der Waals surface area contributed by atoms with E-state index in [1.54, 1.807) is 0 Å². The number of carboxylic acids is 1. The molecule has 0 bridgehead atoms. The maximum Gasteiger partial charge on any atom is 0.309 e. The fourth-order valence-electron chi connectivity index (χ4n) is 14.8. The number of carbonyl (C=O) groups excluding carboxylic acids is 2. The number of hydrogen-bond acceptors (Lipinski definition) is 8. The molecule has 1 aromatic rings. The molecule has 1 aromatic carbocycles. The van der Waals surface area contributed by atoms with Crippen LogP contribution in [-0.2, 0) is 25.7 Å². The van der Waals surface area contributed by atoms with Crippen LogP contribution in [0, 0.1) is 68.0 Å². The van der Waals surface area contributed by atoms with E-state index in [0.29, 0.717) is 37.8 Å². The van der Waals surface area contributed by atoms with Crippen LogP contribution in [-0.4, -0.2) is 53.5 Å². The van der Waals surface area contributed by atoms with E-state index in [0.717, 1.165) is 74.0 Å². The number of rotatable bonds is 9. The van der Waals surface area contributed by atoms with Gasteiger partial charge in [0.05, 0.1) is 17.9 Å². The van der Waals surface area contributed by atoms with Crippen molar-refractivity contribution in [1.29, 1.82) is 0 Å². The number of aliphatic hydroxyl groups is 1. The van der Waals surface area contributed by atoms with Gasteiger partial charge in [-0.25, -0.2) is 0 Å². The van der Waals surface area contributed by atoms with Crippen LogP contribution in [0.15, 0.2) is 29.3 Å². The summed E-state index contributed by atoms with van der Waals surface area (Å²) in [6.45, 7) is 21.6. The van der Waals surface area contributed by atoms with E-state index in [9.17, 15) is 24.6 Å².